The Hall–Kier alpha value is -2.60. The van der Waals surface area contributed by atoms with Crippen LogP contribution < -0.4 is 0 Å². The lowest BCUT2D eigenvalue weighted by molar-refractivity contribution is 0.628. The monoisotopic (exact) mass is 378 g/mol. The van der Waals surface area contributed by atoms with E-state index in [2.05, 4.69) is 40.6 Å². The Balaban J connectivity index is 1.58. The fourth-order valence-electron chi connectivity index (χ4n) is 3.62. The first-order chi connectivity index (χ1) is 13.1. The quantitative estimate of drug-likeness (QED) is 0.490. The number of fused-ring (bicyclic) bond motifs is 1. The van der Waals surface area contributed by atoms with E-state index in [-0.39, 0.29) is 11.2 Å². The highest BCUT2D eigenvalue weighted by Crippen LogP contribution is 2.54. The van der Waals surface area contributed by atoms with Gasteiger partial charge in [-0.1, -0.05) is 19.9 Å². The number of rotatable bonds is 4. The topological polar surface area (TPSA) is 43.1 Å². The summed E-state index contributed by atoms with van der Waals surface area (Å²) >= 11 is 1.65. The fourth-order valence-corrected chi connectivity index (χ4v) is 4.70. The van der Waals surface area contributed by atoms with E-state index in [0.717, 1.165) is 40.6 Å². The number of hydrogen-bond donors (Lipinski definition) is 0. The van der Waals surface area contributed by atoms with Crippen molar-refractivity contribution in [2.75, 3.05) is 0 Å². The predicted molar refractivity (Wildman–Crippen MR) is 105 cm³/mol. The molecule has 1 saturated carbocycles. The molecule has 0 amide bonds. The molecule has 0 unspecified atom stereocenters. The molecule has 5 rings (SSSR count). The molecule has 0 radical (unpaired) electrons. The Kier molecular flexibility index (Phi) is 3.65. The van der Waals surface area contributed by atoms with E-state index < -0.39 is 0 Å². The average molecular weight is 378 g/mol. The molecule has 0 bridgehead atoms. The molecule has 136 valence electrons. The highest BCUT2D eigenvalue weighted by Gasteiger charge is 2.52. The van der Waals surface area contributed by atoms with Crippen molar-refractivity contribution < 1.29 is 4.39 Å². The summed E-state index contributed by atoms with van der Waals surface area (Å²) in [6.45, 7) is 4.35. The van der Waals surface area contributed by atoms with Gasteiger partial charge in [0.25, 0.3) is 0 Å². The molecule has 1 aromatic carbocycles. The van der Waals surface area contributed by atoms with Gasteiger partial charge in [-0.15, -0.1) is 21.5 Å². The van der Waals surface area contributed by atoms with Crippen molar-refractivity contribution in [1.82, 2.24) is 19.6 Å². The molecule has 27 heavy (non-hydrogen) atoms. The van der Waals surface area contributed by atoms with Gasteiger partial charge in [0.05, 0.1) is 11.1 Å². The van der Waals surface area contributed by atoms with Gasteiger partial charge >= 0.3 is 0 Å². The van der Waals surface area contributed by atoms with Crippen molar-refractivity contribution in [3.63, 3.8) is 0 Å². The third-order valence-corrected chi connectivity index (χ3v) is 6.36. The minimum atomic E-state index is -0.233. The highest BCUT2D eigenvalue weighted by molar-refractivity contribution is 7.10. The van der Waals surface area contributed by atoms with E-state index in [0.29, 0.717) is 5.92 Å². The SMILES string of the molecule is CC(C)c1cccn2c(C3(c4nc(-c5ccc(F)cc5)cs4)CC3)nnc12. The first-order valence-corrected chi connectivity index (χ1v) is 10.0. The van der Waals surface area contributed by atoms with E-state index in [9.17, 15) is 4.39 Å². The van der Waals surface area contributed by atoms with Crippen LogP contribution in [0.15, 0.2) is 48.0 Å². The zero-order valence-electron chi connectivity index (χ0n) is 15.2. The van der Waals surface area contributed by atoms with Gasteiger partial charge in [0.2, 0.25) is 0 Å². The largest absolute Gasteiger partial charge is 0.285 e. The average Bonchev–Trinajstić information content (AvgIpc) is 3.13. The van der Waals surface area contributed by atoms with Gasteiger partial charge in [-0.3, -0.25) is 4.40 Å². The van der Waals surface area contributed by atoms with Gasteiger partial charge in [-0.25, -0.2) is 9.37 Å². The van der Waals surface area contributed by atoms with Crippen LogP contribution in [-0.2, 0) is 5.41 Å². The summed E-state index contributed by atoms with van der Waals surface area (Å²) < 4.78 is 15.3. The molecule has 0 N–H and O–H groups in total. The molecule has 6 heteroatoms. The summed E-state index contributed by atoms with van der Waals surface area (Å²) in [5.41, 5.74) is 3.81. The molecule has 0 saturated heterocycles. The van der Waals surface area contributed by atoms with E-state index >= 15 is 0 Å². The van der Waals surface area contributed by atoms with Crippen LogP contribution in [0.2, 0.25) is 0 Å². The number of benzene rings is 1. The Morgan fingerprint density at radius 1 is 1.11 bits per heavy atom. The lowest BCUT2D eigenvalue weighted by Crippen LogP contribution is -2.13. The Labute approximate surface area is 160 Å². The zero-order valence-corrected chi connectivity index (χ0v) is 16.0. The van der Waals surface area contributed by atoms with E-state index in [4.69, 9.17) is 4.98 Å². The fraction of sp³-hybridized carbons (Fsp3) is 0.286. The van der Waals surface area contributed by atoms with Crippen molar-refractivity contribution >= 4 is 17.0 Å². The lowest BCUT2D eigenvalue weighted by atomic mass is 10.0. The number of hydrogen-bond acceptors (Lipinski definition) is 4. The maximum absolute atomic E-state index is 13.2. The van der Waals surface area contributed by atoms with Crippen LogP contribution in [0.25, 0.3) is 16.9 Å². The minimum Gasteiger partial charge on any atom is -0.285 e. The second-order valence-corrected chi connectivity index (χ2v) is 8.32. The predicted octanol–water partition coefficient (Wildman–Crippen LogP) is 5.20. The number of nitrogens with zero attached hydrogens (tertiary/aromatic N) is 4. The lowest BCUT2D eigenvalue weighted by Gasteiger charge is -2.11. The highest BCUT2D eigenvalue weighted by atomic mass is 32.1. The number of aromatic nitrogens is 4. The Morgan fingerprint density at radius 3 is 2.59 bits per heavy atom. The van der Waals surface area contributed by atoms with Gasteiger partial charge in [0.1, 0.15) is 10.8 Å². The van der Waals surface area contributed by atoms with Crippen LogP contribution in [0.5, 0.6) is 0 Å². The molecule has 3 heterocycles. The second kappa shape index (κ2) is 5.96. The summed E-state index contributed by atoms with van der Waals surface area (Å²) in [6.07, 6.45) is 4.09. The number of thiazole rings is 1. The van der Waals surface area contributed by atoms with Crippen LogP contribution in [0.3, 0.4) is 0 Å². The summed E-state index contributed by atoms with van der Waals surface area (Å²) in [7, 11) is 0. The van der Waals surface area contributed by atoms with Gasteiger partial charge in [0, 0.05) is 17.1 Å². The zero-order chi connectivity index (χ0) is 18.6. The first-order valence-electron chi connectivity index (χ1n) is 9.14. The second-order valence-electron chi connectivity index (χ2n) is 7.46. The Morgan fingerprint density at radius 2 is 1.89 bits per heavy atom. The normalized spacial score (nSPS) is 15.6. The van der Waals surface area contributed by atoms with Crippen LogP contribution in [0.4, 0.5) is 4.39 Å². The summed E-state index contributed by atoms with van der Waals surface area (Å²) in [5, 5.41) is 12.2. The van der Waals surface area contributed by atoms with Crippen molar-refractivity contribution in [1.29, 1.82) is 0 Å². The standard InChI is InChI=1S/C21H19FN4S/c1-13(2)16-4-3-11-26-18(16)24-25-19(26)21(9-10-21)20-23-17(12-27-20)14-5-7-15(22)8-6-14/h3-8,11-13H,9-10H2,1-2H3. The number of halogens is 1. The molecule has 1 fully saturated rings. The van der Waals surface area contributed by atoms with Crippen LogP contribution in [-0.4, -0.2) is 19.6 Å². The van der Waals surface area contributed by atoms with Gasteiger partial charge < -0.3 is 0 Å². The summed E-state index contributed by atoms with van der Waals surface area (Å²) in [4.78, 5) is 4.88. The molecule has 0 aliphatic heterocycles. The van der Waals surface area contributed by atoms with Crippen molar-refractivity contribution in [3.05, 3.63) is 70.2 Å². The molecule has 4 nitrogen and oxygen atoms in total. The molecule has 3 aromatic heterocycles. The maximum atomic E-state index is 13.2. The number of pyridine rings is 1. The van der Waals surface area contributed by atoms with Crippen molar-refractivity contribution in [2.24, 2.45) is 0 Å². The Bertz CT molecular complexity index is 1120. The van der Waals surface area contributed by atoms with Gasteiger partial charge in [-0.2, -0.15) is 0 Å². The molecular weight excluding hydrogens is 359 g/mol. The van der Waals surface area contributed by atoms with Crippen molar-refractivity contribution in [3.8, 4) is 11.3 Å². The third kappa shape index (κ3) is 2.58. The molecule has 1 aliphatic carbocycles. The molecule has 0 spiro atoms. The first kappa shape index (κ1) is 16.6. The minimum absolute atomic E-state index is 0.155. The summed E-state index contributed by atoms with van der Waals surface area (Å²) in [6, 6.07) is 10.7. The van der Waals surface area contributed by atoms with Gasteiger partial charge in [-0.05, 0) is 54.7 Å². The van der Waals surface area contributed by atoms with Gasteiger partial charge in [0.15, 0.2) is 11.5 Å². The van der Waals surface area contributed by atoms with Crippen LogP contribution >= 0.6 is 11.3 Å². The van der Waals surface area contributed by atoms with E-state index in [1.807, 2.05) is 11.6 Å². The third-order valence-electron chi connectivity index (χ3n) is 5.32. The maximum Gasteiger partial charge on any atom is 0.164 e. The molecule has 1 aliphatic rings. The van der Waals surface area contributed by atoms with E-state index in [1.165, 1.54) is 17.7 Å². The summed E-state index contributed by atoms with van der Waals surface area (Å²) in [5.74, 6) is 1.13. The molecule has 0 atom stereocenters. The van der Waals surface area contributed by atoms with Crippen LogP contribution in [0, 0.1) is 5.82 Å². The van der Waals surface area contributed by atoms with E-state index in [1.54, 1.807) is 23.5 Å². The molecular formula is C21H19FN4S. The van der Waals surface area contributed by atoms with Crippen LogP contribution in [0.1, 0.15) is 49.0 Å². The van der Waals surface area contributed by atoms with Crippen molar-refractivity contribution in [2.45, 2.75) is 38.0 Å². The smallest absolute Gasteiger partial charge is 0.164 e. The molecule has 4 aromatic rings.